The molecule has 2 aromatic carbocycles. The van der Waals surface area contributed by atoms with Crippen molar-refractivity contribution in [3.63, 3.8) is 0 Å². The summed E-state index contributed by atoms with van der Waals surface area (Å²) in [5.74, 6) is 0.905. The van der Waals surface area contributed by atoms with Crippen LogP contribution >= 0.6 is 23.1 Å². The molecular weight excluding hydrogens is 386 g/mol. The molecule has 0 atom stereocenters. The lowest BCUT2D eigenvalue weighted by molar-refractivity contribution is -0.118. The molecule has 28 heavy (non-hydrogen) atoms. The van der Waals surface area contributed by atoms with Gasteiger partial charge in [-0.2, -0.15) is 0 Å². The van der Waals surface area contributed by atoms with Crippen molar-refractivity contribution in [3.05, 3.63) is 53.6 Å². The van der Waals surface area contributed by atoms with Gasteiger partial charge in [0.25, 0.3) is 0 Å². The van der Waals surface area contributed by atoms with Crippen molar-refractivity contribution < 1.29 is 4.79 Å². The summed E-state index contributed by atoms with van der Waals surface area (Å²) in [5.41, 5.74) is 3.47. The Labute approximate surface area is 175 Å². The van der Waals surface area contributed by atoms with Crippen LogP contribution in [0.1, 0.15) is 17.5 Å². The number of anilines is 1. The fourth-order valence-corrected chi connectivity index (χ4v) is 4.77. The van der Waals surface area contributed by atoms with Gasteiger partial charge in [-0.25, -0.2) is 4.98 Å². The van der Waals surface area contributed by atoms with Crippen LogP contribution in [-0.4, -0.2) is 48.7 Å². The van der Waals surface area contributed by atoms with Gasteiger partial charge >= 0.3 is 0 Å². The topological polar surface area (TPSA) is 36.4 Å². The molecule has 0 aliphatic heterocycles. The number of likely N-dealkylation sites (N-methyl/N-ethyl adjacent to an activating group) is 1. The minimum atomic E-state index is 0.137. The standard InChI is InChI=1S/C22H27N3OS2/c1-16-14-19-20(15-17(16)2)28-22(23-19)25(12-11-24(3)4)21(26)10-13-27-18-8-6-5-7-9-18/h5-9,14-15H,10-13H2,1-4H3. The third kappa shape index (κ3) is 5.34. The Hall–Kier alpha value is -1.89. The van der Waals surface area contributed by atoms with E-state index in [9.17, 15) is 4.79 Å². The average molecular weight is 414 g/mol. The molecule has 3 rings (SSSR count). The SMILES string of the molecule is Cc1cc2nc(N(CCN(C)C)C(=O)CCSc3ccccc3)sc2cc1C. The molecule has 0 bridgehead atoms. The van der Waals surface area contributed by atoms with Gasteiger partial charge in [0.15, 0.2) is 5.13 Å². The van der Waals surface area contributed by atoms with Gasteiger partial charge < -0.3 is 4.90 Å². The zero-order valence-corrected chi connectivity index (χ0v) is 18.6. The van der Waals surface area contributed by atoms with E-state index in [0.29, 0.717) is 13.0 Å². The van der Waals surface area contributed by atoms with Crippen LogP contribution in [0.25, 0.3) is 10.2 Å². The Morgan fingerprint density at radius 1 is 1.07 bits per heavy atom. The zero-order valence-electron chi connectivity index (χ0n) is 16.9. The number of carbonyl (C=O) groups is 1. The van der Waals surface area contributed by atoms with Crippen LogP contribution < -0.4 is 4.90 Å². The van der Waals surface area contributed by atoms with E-state index in [0.717, 1.165) is 27.6 Å². The lowest BCUT2D eigenvalue weighted by Gasteiger charge is -2.22. The van der Waals surface area contributed by atoms with Crippen LogP contribution in [0.4, 0.5) is 5.13 Å². The van der Waals surface area contributed by atoms with Crippen molar-refractivity contribution in [1.29, 1.82) is 0 Å². The Kier molecular flexibility index (Phi) is 7.10. The normalized spacial score (nSPS) is 11.3. The van der Waals surface area contributed by atoms with Gasteiger partial charge in [-0.3, -0.25) is 9.69 Å². The molecule has 0 radical (unpaired) electrons. The largest absolute Gasteiger partial charge is 0.308 e. The van der Waals surface area contributed by atoms with Crippen molar-refractivity contribution in [2.75, 3.05) is 37.8 Å². The summed E-state index contributed by atoms with van der Waals surface area (Å²) in [6, 6.07) is 14.5. The summed E-state index contributed by atoms with van der Waals surface area (Å²) in [4.78, 5) is 23.0. The smallest absolute Gasteiger partial charge is 0.229 e. The summed E-state index contributed by atoms with van der Waals surface area (Å²) in [7, 11) is 4.05. The van der Waals surface area contributed by atoms with Gasteiger partial charge in [0.1, 0.15) is 0 Å². The second-order valence-corrected chi connectivity index (χ2v) is 9.34. The monoisotopic (exact) mass is 413 g/mol. The van der Waals surface area contributed by atoms with E-state index in [-0.39, 0.29) is 5.91 Å². The third-order valence-electron chi connectivity index (χ3n) is 4.62. The summed E-state index contributed by atoms with van der Waals surface area (Å²) >= 11 is 3.33. The van der Waals surface area contributed by atoms with Crippen LogP contribution in [0.15, 0.2) is 47.4 Å². The molecule has 0 saturated carbocycles. The molecule has 0 saturated heterocycles. The number of carbonyl (C=O) groups excluding carboxylic acids is 1. The molecule has 3 aromatic rings. The molecule has 0 spiro atoms. The molecule has 0 N–H and O–H groups in total. The second-order valence-electron chi connectivity index (χ2n) is 7.16. The number of aromatic nitrogens is 1. The number of hydrogen-bond donors (Lipinski definition) is 0. The van der Waals surface area contributed by atoms with Crippen LogP contribution in [0.5, 0.6) is 0 Å². The third-order valence-corrected chi connectivity index (χ3v) is 6.68. The number of thiazole rings is 1. The lowest BCUT2D eigenvalue weighted by atomic mass is 10.1. The fraction of sp³-hybridized carbons (Fsp3) is 0.364. The molecule has 148 valence electrons. The minimum absolute atomic E-state index is 0.137. The van der Waals surface area contributed by atoms with Crippen LogP contribution in [0.3, 0.4) is 0 Å². The van der Waals surface area contributed by atoms with Crippen molar-refractivity contribution in [2.24, 2.45) is 0 Å². The van der Waals surface area contributed by atoms with Crippen LogP contribution in [0, 0.1) is 13.8 Å². The van der Waals surface area contributed by atoms with E-state index in [4.69, 9.17) is 4.98 Å². The van der Waals surface area contributed by atoms with Gasteiger partial charge in [-0.15, -0.1) is 11.8 Å². The fourth-order valence-electron chi connectivity index (χ4n) is 2.82. The highest BCUT2D eigenvalue weighted by Gasteiger charge is 2.20. The minimum Gasteiger partial charge on any atom is -0.308 e. The molecule has 0 fully saturated rings. The first kappa shape index (κ1) is 20.8. The summed E-state index contributed by atoms with van der Waals surface area (Å²) in [6.45, 7) is 5.68. The van der Waals surface area contributed by atoms with Crippen LogP contribution in [0.2, 0.25) is 0 Å². The summed E-state index contributed by atoms with van der Waals surface area (Å²) < 4.78 is 1.14. The highest BCUT2D eigenvalue weighted by molar-refractivity contribution is 7.99. The Balaban J connectivity index is 1.75. The van der Waals surface area contributed by atoms with Gasteiger partial charge in [0.05, 0.1) is 10.2 Å². The number of amides is 1. The molecule has 0 aliphatic carbocycles. The molecule has 4 nitrogen and oxygen atoms in total. The van der Waals surface area contributed by atoms with Gasteiger partial charge in [-0.1, -0.05) is 29.5 Å². The highest BCUT2D eigenvalue weighted by atomic mass is 32.2. The van der Waals surface area contributed by atoms with Crippen molar-refractivity contribution in [2.45, 2.75) is 25.2 Å². The molecule has 1 aromatic heterocycles. The predicted octanol–water partition coefficient (Wildman–Crippen LogP) is 4.99. The van der Waals surface area contributed by atoms with Crippen molar-refractivity contribution in [3.8, 4) is 0 Å². The molecule has 0 unspecified atom stereocenters. The van der Waals surface area contributed by atoms with E-state index in [1.165, 1.54) is 16.0 Å². The Bertz CT molecular complexity index is 899. The number of nitrogens with zero attached hydrogens (tertiary/aromatic N) is 3. The van der Waals surface area contributed by atoms with Gasteiger partial charge in [-0.05, 0) is 63.3 Å². The van der Waals surface area contributed by atoms with Crippen LogP contribution in [-0.2, 0) is 4.79 Å². The molecule has 1 amide bonds. The van der Waals surface area contributed by atoms with E-state index in [2.05, 4.69) is 43.0 Å². The second kappa shape index (κ2) is 9.54. The Morgan fingerprint density at radius 2 is 1.79 bits per heavy atom. The zero-order chi connectivity index (χ0) is 20.1. The number of rotatable bonds is 8. The molecule has 6 heteroatoms. The average Bonchev–Trinajstić information content (AvgIpc) is 3.05. The van der Waals surface area contributed by atoms with E-state index in [1.807, 2.05) is 37.2 Å². The molecule has 0 aliphatic rings. The lowest BCUT2D eigenvalue weighted by Crippen LogP contribution is -2.36. The van der Waals surface area contributed by atoms with E-state index < -0.39 is 0 Å². The maximum atomic E-state index is 13.0. The highest BCUT2D eigenvalue weighted by Crippen LogP contribution is 2.31. The first-order valence-corrected chi connectivity index (χ1v) is 11.2. The van der Waals surface area contributed by atoms with Gasteiger partial charge in [0.2, 0.25) is 5.91 Å². The predicted molar refractivity (Wildman–Crippen MR) is 122 cm³/mol. The first-order valence-electron chi connectivity index (χ1n) is 9.45. The van der Waals surface area contributed by atoms with E-state index >= 15 is 0 Å². The molecular formula is C22H27N3OS2. The maximum Gasteiger partial charge on any atom is 0.229 e. The number of aryl methyl sites for hydroxylation is 2. The van der Waals surface area contributed by atoms with E-state index in [1.54, 1.807) is 23.1 Å². The Morgan fingerprint density at radius 3 is 2.50 bits per heavy atom. The summed E-state index contributed by atoms with van der Waals surface area (Å²) in [5, 5.41) is 0.802. The van der Waals surface area contributed by atoms with Crippen molar-refractivity contribution in [1.82, 2.24) is 9.88 Å². The number of hydrogen-bond acceptors (Lipinski definition) is 5. The number of fused-ring (bicyclic) bond motifs is 1. The van der Waals surface area contributed by atoms with Gasteiger partial charge in [0, 0.05) is 30.2 Å². The quantitative estimate of drug-likeness (QED) is 0.488. The first-order chi connectivity index (χ1) is 13.4. The number of thioether (sulfide) groups is 1. The summed E-state index contributed by atoms with van der Waals surface area (Å²) in [6.07, 6.45) is 0.501. The van der Waals surface area contributed by atoms with Crippen molar-refractivity contribution >= 4 is 44.4 Å². The maximum absolute atomic E-state index is 13.0. The number of benzene rings is 2. The molecule has 1 heterocycles.